The number of hydrogen-bond acceptors (Lipinski definition) is 2. The Balaban J connectivity index is 2.56. The Bertz CT molecular complexity index is 378. The number of amides is 1. The van der Waals surface area contributed by atoms with E-state index in [2.05, 4.69) is 39.8 Å². The topological polar surface area (TPSA) is 20.3 Å². The van der Waals surface area contributed by atoms with Crippen LogP contribution in [0, 0.1) is 5.92 Å². The highest BCUT2D eigenvalue weighted by atomic mass is 32.2. The third-order valence-corrected chi connectivity index (χ3v) is 4.08. The summed E-state index contributed by atoms with van der Waals surface area (Å²) in [6, 6.07) is 10.5. The Morgan fingerprint density at radius 1 is 1.21 bits per heavy atom. The van der Waals surface area contributed by atoms with Crippen LogP contribution in [0.5, 0.6) is 0 Å². The van der Waals surface area contributed by atoms with Crippen molar-refractivity contribution < 1.29 is 4.79 Å². The lowest BCUT2D eigenvalue weighted by Gasteiger charge is -2.29. The minimum atomic E-state index is 0.201. The molecular weight excluding hydrogens is 254 g/mol. The maximum atomic E-state index is 12.3. The molecule has 0 aliphatic carbocycles. The molecule has 0 heterocycles. The lowest BCUT2D eigenvalue weighted by molar-refractivity contribution is 0.192. The van der Waals surface area contributed by atoms with E-state index in [1.165, 1.54) is 17.3 Å². The lowest BCUT2D eigenvalue weighted by atomic mass is 10.1. The van der Waals surface area contributed by atoms with Crippen molar-refractivity contribution in [1.29, 1.82) is 0 Å². The van der Waals surface area contributed by atoms with Crippen LogP contribution >= 0.6 is 11.8 Å². The predicted molar refractivity (Wildman–Crippen MR) is 84.4 cm³/mol. The van der Waals surface area contributed by atoms with Crippen LogP contribution in [0.2, 0.25) is 0 Å². The number of rotatable bonds is 6. The average molecular weight is 279 g/mol. The number of carbonyl (C=O) groups excluding carboxylic acids is 1. The van der Waals surface area contributed by atoms with Crippen molar-refractivity contribution in [2.45, 2.75) is 45.9 Å². The molecule has 0 bridgehead atoms. The SMILES string of the molecule is CCC(C)N(CC(C)C)C(=O)SCc1ccccc1. The van der Waals surface area contributed by atoms with E-state index in [9.17, 15) is 4.79 Å². The molecule has 1 unspecified atom stereocenters. The summed E-state index contributed by atoms with van der Waals surface area (Å²) in [6.07, 6.45) is 1.00. The van der Waals surface area contributed by atoms with Crippen LogP contribution in [0.4, 0.5) is 4.79 Å². The van der Waals surface area contributed by atoms with Crippen LogP contribution in [0.1, 0.15) is 39.7 Å². The van der Waals surface area contributed by atoms with Crippen LogP contribution in [0.15, 0.2) is 30.3 Å². The van der Waals surface area contributed by atoms with Gasteiger partial charge in [0.25, 0.3) is 5.24 Å². The van der Waals surface area contributed by atoms with Crippen molar-refractivity contribution in [2.24, 2.45) is 5.92 Å². The van der Waals surface area contributed by atoms with Crippen molar-refractivity contribution in [3.05, 3.63) is 35.9 Å². The first-order chi connectivity index (χ1) is 9.04. The highest BCUT2D eigenvalue weighted by molar-refractivity contribution is 8.12. The van der Waals surface area contributed by atoms with Gasteiger partial charge in [-0.2, -0.15) is 0 Å². The van der Waals surface area contributed by atoms with Gasteiger partial charge in [-0.15, -0.1) is 0 Å². The molecular formula is C16H25NOS. The van der Waals surface area contributed by atoms with Gasteiger partial charge in [-0.3, -0.25) is 4.79 Å². The summed E-state index contributed by atoms with van der Waals surface area (Å²) < 4.78 is 0. The molecule has 1 aromatic rings. The van der Waals surface area contributed by atoms with Crippen molar-refractivity contribution in [1.82, 2.24) is 4.90 Å². The van der Waals surface area contributed by atoms with Crippen molar-refractivity contribution in [3.8, 4) is 0 Å². The van der Waals surface area contributed by atoms with E-state index < -0.39 is 0 Å². The van der Waals surface area contributed by atoms with Crippen molar-refractivity contribution >= 4 is 17.0 Å². The summed E-state index contributed by atoms with van der Waals surface area (Å²) in [5.74, 6) is 1.26. The minimum absolute atomic E-state index is 0.201. The average Bonchev–Trinajstić information content (AvgIpc) is 2.42. The van der Waals surface area contributed by atoms with Gasteiger partial charge >= 0.3 is 0 Å². The largest absolute Gasteiger partial charge is 0.331 e. The van der Waals surface area contributed by atoms with E-state index >= 15 is 0 Å². The molecule has 106 valence electrons. The second-order valence-electron chi connectivity index (χ2n) is 5.34. The normalized spacial score (nSPS) is 12.5. The second-order valence-corrected chi connectivity index (χ2v) is 6.27. The third kappa shape index (κ3) is 5.68. The van der Waals surface area contributed by atoms with E-state index in [0.29, 0.717) is 12.0 Å². The van der Waals surface area contributed by atoms with Gasteiger partial charge in [0.1, 0.15) is 0 Å². The highest BCUT2D eigenvalue weighted by Gasteiger charge is 2.20. The van der Waals surface area contributed by atoms with Gasteiger partial charge in [0.15, 0.2) is 0 Å². The molecule has 0 aliphatic heterocycles. The number of nitrogens with zero attached hydrogens (tertiary/aromatic N) is 1. The highest BCUT2D eigenvalue weighted by Crippen LogP contribution is 2.20. The maximum Gasteiger partial charge on any atom is 0.282 e. The maximum absolute atomic E-state index is 12.3. The van der Waals surface area contributed by atoms with Gasteiger partial charge in [0, 0.05) is 18.3 Å². The Kier molecular flexibility index (Phi) is 7.00. The zero-order chi connectivity index (χ0) is 14.3. The fourth-order valence-electron chi connectivity index (χ4n) is 1.85. The summed E-state index contributed by atoms with van der Waals surface area (Å²) in [4.78, 5) is 14.4. The number of carbonyl (C=O) groups is 1. The van der Waals surface area contributed by atoms with Gasteiger partial charge in [-0.1, -0.05) is 62.9 Å². The Hall–Kier alpha value is -0.960. The lowest BCUT2D eigenvalue weighted by Crippen LogP contribution is -2.38. The fraction of sp³-hybridized carbons (Fsp3) is 0.562. The number of hydrogen-bond donors (Lipinski definition) is 0. The molecule has 1 rings (SSSR count). The third-order valence-electron chi connectivity index (χ3n) is 3.12. The summed E-state index contributed by atoms with van der Waals surface area (Å²) in [6.45, 7) is 9.42. The Morgan fingerprint density at radius 2 is 1.84 bits per heavy atom. The van der Waals surface area contributed by atoms with Gasteiger partial charge in [-0.05, 0) is 24.8 Å². The molecule has 1 amide bonds. The van der Waals surface area contributed by atoms with Gasteiger partial charge in [0.05, 0.1) is 0 Å². The van der Waals surface area contributed by atoms with Gasteiger partial charge < -0.3 is 4.90 Å². The first-order valence-corrected chi connectivity index (χ1v) is 8.00. The molecule has 0 radical (unpaired) electrons. The number of benzene rings is 1. The van der Waals surface area contributed by atoms with E-state index in [1.807, 2.05) is 23.1 Å². The summed E-state index contributed by atoms with van der Waals surface area (Å²) >= 11 is 1.41. The van der Waals surface area contributed by atoms with Crippen molar-refractivity contribution in [2.75, 3.05) is 6.54 Å². The fourth-order valence-corrected chi connectivity index (χ4v) is 2.75. The minimum Gasteiger partial charge on any atom is -0.331 e. The summed E-state index contributed by atoms with van der Waals surface area (Å²) in [5, 5.41) is 0.201. The Labute approximate surface area is 121 Å². The van der Waals surface area contributed by atoms with E-state index in [-0.39, 0.29) is 5.24 Å². The molecule has 0 N–H and O–H groups in total. The standard InChI is InChI=1S/C16H25NOS/c1-5-14(4)17(11-13(2)3)16(18)19-12-15-9-7-6-8-10-15/h6-10,13-14H,5,11-12H2,1-4H3. The molecule has 1 atom stereocenters. The molecule has 0 saturated carbocycles. The molecule has 0 saturated heterocycles. The monoisotopic (exact) mass is 279 g/mol. The van der Waals surface area contributed by atoms with E-state index in [1.54, 1.807) is 0 Å². The van der Waals surface area contributed by atoms with E-state index in [4.69, 9.17) is 0 Å². The van der Waals surface area contributed by atoms with Gasteiger partial charge in [-0.25, -0.2) is 0 Å². The first kappa shape index (κ1) is 16.1. The predicted octanol–water partition coefficient (Wildman–Crippen LogP) is 4.80. The molecule has 1 aromatic carbocycles. The summed E-state index contributed by atoms with van der Waals surface area (Å²) in [7, 11) is 0. The molecule has 3 heteroatoms. The summed E-state index contributed by atoms with van der Waals surface area (Å²) in [5.41, 5.74) is 1.20. The van der Waals surface area contributed by atoms with E-state index in [0.717, 1.165) is 18.7 Å². The zero-order valence-corrected chi connectivity index (χ0v) is 13.2. The van der Waals surface area contributed by atoms with Crippen molar-refractivity contribution in [3.63, 3.8) is 0 Å². The molecule has 0 aliphatic rings. The smallest absolute Gasteiger partial charge is 0.282 e. The first-order valence-electron chi connectivity index (χ1n) is 7.01. The quantitative estimate of drug-likeness (QED) is 0.745. The Morgan fingerprint density at radius 3 is 2.37 bits per heavy atom. The van der Waals surface area contributed by atoms with Crippen LogP contribution < -0.4 is 0 Å². The zero-order valence-electron chi connectivity index (χ0n) is 12.4. The van der Waals surface area contributed by atoms with Crippen LogP contribution in [0.25, 0.3) is 0 Å². The second kappa shape index (κ2) is 8.26. The molecule has 19 heavy (non-hydrogen) atoms. The van der Waals surface area contributed by atoms with Gasteiger partial charge in [0.2, 0.25) is 0 Å². The van der Waals surface area contributed by atoms with Crippen LogP contribution in [-0.4, -0.2) is 22.7 Å². The molecule has 0 aromatic heterocycles. The molecule has 0 fully saturated rings. The van der Waals surface area contributed by atoms with Crippen LogP contribution in [-0.2, 0) is 5.75 Å². The van der Waals surface area contributed by atoms with Crippen LogP contribution in [0.3, 0.4) is 0 Å². The molecule has 0 spiro atoms. The number of thioether (sulfide) groups is 1. The molecule has 2 nitrogen and oxygen atoms in total.